The molecule has 1 aliphatic heterocycles. The van der Waals surface area contributed by atoms with Gasteiger partial charge in [-0.25, -0.2) is 0 Å². The molecule has 1 heterocycles. The fraction of sp³-hybridized carbons (Fsp3) is 0.400. The van der Waals surface area contributed by atoms with Crippen LogP contribution >= 0.6 is 0 Å². The summed E-state index contributed by atoms with van der Waals surface area (Å²) in [6, 6.07) is 19.0. The summed E-state index contributed by atoms with van der Waals surface area (Å²) in [4.78, 5) is 2.38. The smallest absolute Gasteiger partial charge is 0.0890 e. The quantitative estimate of drug-likeness (QED) is 0.912. The van der Waals surface area contributed by atoms with Gasteiger partial charge in [0.05, 0.1) is 12.2 Å². The third kappa shape index (κ3) is 3.99. The monoisotopic (exact) mass is 311 g/mol. The number of aliphatic hydroxyl groups is 2. The zero-order valence-electron chi connectivity index (χ0n) is 13.5. The summed E-state index contributed by atoms with van der Waals surface area (Å²) in [7, 11) is 0. The summed E-state index contributed by atoms with van der Waals surface area (Å²) in [6.07, 6.45) is 2.24. The van der Waals surface area contributed by atoms with Gasteiger partial charge in [-0.05, 0) is 42.5 Å². The van der Waals surface area contributed by atoms with Crippen molar-refractivity contribution in [3.8, 4) is 11.1 Å². The molecule has 2 aromatic rings. The van der Waals surface area contributed by atoms with E-state index in [-0.39, 0.29) is 6.61 Å². The Morgan fingerprint density at radius 3 is 2.43 bits per heavy atom. The van der Waals surface area contributed by atoms with Gasteiger partial charge in [-0.1, -0.05) is 54.6 Å². The normalized spacial score (nSPS) is 22.7. The van der Waals surface area contributed by atoms with Crippen LogP contribution in [-0.4, -0.2) is 40.4 Å². The number of hydrogen-bond donors (Lipinski definition) is 2. The van der Waals surface area contributed by atoms with Gasteiger partial charge in [-0.2, -0.15) is 0 Å². The molecule has 0 saturated carbocycles. The predicted molar refractivity (Wildman–Crippen MR) is 93.0 cm³/mol. The molecule has 3 rings (SSSR count). The highest BCUT2D eigenvalue weighted by Crippen LogP contribution is 2.27. The predicted octanol–water partition coefficient (Wildman–Crippen LogP) is 3.06. The number of nitrogens with zero attached hydrogens (tertiary/aromatic N) is 1. The number of rotatable bonds is 4. The maximum atomic E-state index is 10.3. The van der Waals surface area contributed by atoms with Crippen LogP contribution in [0.4, 0.5) is 0 Å². The van der Waals surface area contributed by atoms with Gasteiger partial charge in [-0.15, -0.1) is 0 Å². The van der Waals surface area contributed by atoms with Crippen LogP contribution in [0.1, 0.15) is 24.8 Å². The van der Waals surface area contributed by atoms with Crippen LogP contribution < -0.4 is 0 Å². The minimum absolute atomic E-state index is 0.137. The van der Waals surface area contributed by atoms with Crippen molar-refractivity contribution >= 4 is 0 Å². The van der Waals surface area contributed by atoms with Crippen LogP contribution in [0.2, 0.25) is 0 Å². The van der Waals surface area contributed by atoms with E-state index in [9.17, 15) is 10.2 Å². The fourth-order valence-corrected chi connectivity index (χ4v) is 3.35. The Bertz CT molecular complexity index is 629. The van der Waals surface area contributed by atoms with Crippen molar-refractivity contribution in [2.24, 2.45) is 0 Å². The van der Waals surface area contributed by atoms with Crippen molar-refractivity contribution < 1.29 is 10.2 Å². The standard InChI is InChI=1S/C20H25NO2/c22-16-20(23)11-6-13-21(14-12-20)15-18-9-4-5-10-19(18)17-7-2-1-3-8-17/h1-5,7-10,22-23H,6,11-16H2/t20-/m1/s1. The van der Waals surface area contributed by atoms with Crippen molar-refractivity contribution in [1.82, 2.24) is 4.90 Å². The highest BCUT2D eigenvalue weighted by Gasteiger charge is 2.29. The second kappa shape index (κ2) is 7.26. The van der Waals surface area contributed by atoms with Gasteiger partial charge in [0.15, 0.2) is 0 Å². The molecule has 23 heavy (non-hydrogen) atoms. The summed E-state index contributed by atoms with van der Waals surface area (Å²) in [5, 5.41) is 19.7. The minimum atomic E-state index is -0.895. The van der Waals surface area contributed by atoms with E-state index in [0.717, 1.165) is 26.1 Å². The molecule has 122 valence electrons. The Hall–Kier alpha value is -1.68. The molecule has 2 N–H and O–H groups in total. The second-order valence-corrected chi connectivity index (χ2v) is 6.54. The van der Waals surface area contributed by atoms with Crippen molar-refractivity contribution in [3.05, 3.63) is 60.2 Å². The van der Waals surface area contributed by atoms with Crippen molar-refractivity contribution in [2.75, 3.05) is 19.7 Å². The van der Waals surface area contributed by atoms with E-state index in [4.69, 9.17) is 0 Å². The van der Waals surface area contributed by atoms with Gasteiger partial charge in [0, 0.05) is 13.1 Å². The SMILES string of the molecule is OC[C@@]1(O)CCCN(Cc2ccccc2-c2ccccc2)CC1. The molecule has 1 fully saturated rings. The van der Waals surface area contributed by atoms with Gasteiger partial charge in [0.1, 0.15) is 0 Å². The van der Waals surface area contributed by atoms with Crippen molar-refractivity contribution in [2.45, 2.75) is 31.4 Å². The average molecular weight is 311 g/mol. The lowest BCUT2D eigenvalue weighted by Crippen LogP contribution is -2.34. The first-order valence-corrected chi connectivity index (χ1v) is 8.39. The molecule has 3 heteroatoms. The van der Waals surface area contributed by atoms with E-state index in [1.807, 2.05) is 6.07 Å². The summed E-state index contributed by atoms with van der Waals surface area (Å²) < 4.78 is 0. The molecule has 3 nitrogen and oxygen atoms in total. The summed E-state index contributed by atoms with van der Waals surface area (Å²) in [5.74, 6) is 0. The molecule has 0 unspecified atom stereocenters. The zero-order chi connectivity index (χ0) is 16.1. The van der Waals surface area contributed by atoms with Crippen LogP contribution in [0.3, 0.4) is 0 Å². The van der Waals surface area contributed by atoms with Gasteiger partial charge >= 0.3 is 0 Å². The van der Waals surface area contributed by atoms with Crippen LogP contribution in [0.5, 0.6) is 0 Å². The molecule has 2 aromatic carbocycles. The lowest BCUT2D eigenvalue weighted by atomic mass is 9.96. The molecule has 0 aromatic heterocycles. The Labute approximate surface area is 138 Å². The van der Waals surface area contributed by atoms with E-state index in [0.29, 0.717) is 12.8 Å². The van der Waals surface area contributed by atoms with Gasteiger partial charge in [0.25, 0.3) is 0 Å². The Morgan fingerprint density at radius 2 is 1.65 bits per heavy atom. The highest BCUT2D eigenvalue weighted by atomic mass is 16.3. The van der Waals surface area contributed by atoms with Crippen LogP contribution in [-0.2, 0) is 6.54 Å². The maximum absolute atomic E-state index is 10.3. The van der Waals surface area contributed by atoms with E-state index in [2.05, 4.69) is 53.4 Å². The van der Waals surface area contributed by atoms with Crippen LogP contribution in [0.15, 0.2) is 54.6 Å². The first-order chi connectivity index (χ1) is 11.2. The number of likely N-dealkylation sites (tertiary alicyclic amines) is 1. The number of hydrogen-bond acceptors (Lipinski definition) is 3. The largest absolute Gasteiger partial charge is 0.393 e. The highest BCUT2D eigenvalue weighted by molar-refractivity contribution is 5.67. The van der Waals surface area contributed by atoms with Gasteiger partial charge in [-0.3, -0.25) is 4.90 Å². The second-order valence-electron chi connectivity index (χ2n) is 6.54. The lowest BCUT2D eigenvalue weighted by Gasteiger charge is -2.25. The molecule has 1 saturated heterocycles. The van der Waals surface area contributed by atoms with Crippen molar-refractivity contribution in [1.29, 1.82) is 0 Å². The van der Waals surface area contributed by atoms with Crippen LogP contribution in [0.25, 0.3) is 11.1 Å². The molecule has 0 radical (unpaired) electrons. The summed E-state index contributed by atoms with van der Waals surface area (Å²) in [6.45, 7) is 2.53. The first-order valence-electron chi connectivity index (χ1n) is 8.39. The molecule has 1 atom stereocenters. The molecule has 0 spiro atoms. The first kappa shape index (κ1) is 16.2. The van der Waals surface area contributed by atoms with Crippen molar-refractivity contribution in [3.63, 3.8) is 0 Å². The molecule has 0 aliphatic carbocycles. The number of benzene rings is 2. The lowest BCUT2D eigenvalue weighted by molar-refractivity contribution is -0.0255. The topological polar surface area (TPSA) is 43.7 Å². The van der Waals surface area contributed by atoms with E-state index < -0.39 is 5.60 Å². The average Bonchev–Trinajstić information content (AvgIpc) is 2.79. The minimum Gasteiger partial charge on any atom is -0.393 e. The van der Waals surface area contributed by atoms with Gasteiger partial charge < -0.3 is 10.2 Å². The van der Waals surface area contributed by atoms with Crippen LogP contribution in [0, 0.1) is 0 Å². The van der Waals surface area contributed by atoms with E-state index in [1.165, 1.54) is 16.7 Å². The van der Waals surface area contributed by atoms with E-state index >= 15 is 0 Å². The maximum Gasteiger partial charge on any atom is 0.0890 e. The summed E-state index contributed by atoms with van der Waals surface area (Å²) in [5.41, 5.74) is 2.93. The molecular formula is C20H25NO2. The summed E-state index contributed by atoms with van der Waals surface area (Å²) >= 11 is 0. The van der Waals surface area contributed by atoms with Gasteiger partial charge in [0.2, 0.25) is 0 Å². The molecular weight excluding hydrogens is 286 g/mol. The molecule has 0 amide bonds. The number of aliphatic hydroxyl groups excluding tert-OH is 1. The zero-order valence-corrected chi connectivity index (χ0v) is 13.5. The third-order valence-electron chi connectivity index (χ3n) is 4.80. The Balaban J connectivity index is 1.76. The fourth-order valence-electron chi connectivity index (χ4n) is 3.35. The Kier molecular flexibility index (Phi) is 5.11. The molecule has 1 aliphatic rings. The van der Waals surface area contributed by atoms with E-state index in [1.54, 1.807) is 0 Å². The Morgan fingerprint density at radius 1 is 0.913 bits per heavy atom. The molecule has 0 bridgehead atoms. The third-order valence-corrected chi connectivity index (χ3v) is 4.80.